The second-order valence-corrected chi connectivity index (χ2v) is 3.78. The number of nitrogens with one attached hydrogen (secondary N) is 1. The van der Waals surface area contributed by atoms with E-state index in [4.69, 9.17) is 15.6 Å². The van der Waals surface area contributed by atoms with E-state index in [1.807, 2.05) is 0 Å². The molecule has 0 aliphatic rings. The van der Waals surface area contributed by atoms with Crippen LogP contribution in [0.15, 0.2) is 36.5 Å². The first-order valence-corrected chi connectivity index (χ1v) is 5.54. The Morgan fingerprint density at radius 3 is 2.68 bits per heavy atom. The molecule has 0 bridgehead atoms. The largest absolute Gasteiger partial charge is 0.477 e. The zero-order valence-electron chi connectivity index (χ0n) is 10.3. The second-order valence-electron chi connectivity index (χ2n) is 3.78. The summed E-state index contributed by atoms with van der Waals surface area (Å²) in [6.07, 6.45) is 1.38. The lowest BCUT2D eigenvalue weighted by Gasteiger charge is -2.09. The Morgan fingerprint density at radius 1 is 1.32 bits per heavy atom. The number of aromatic nitrogens is 1. The monoisotopic (exact) mass is 259 g/mol. The van der Waals surface area contributed by atoms with Gasteiger partial charge < -0.3 is 20.9 Å². The number of aromatic carboxylic acids is 1. The number of hydrogen-bond acceptors (Lipinski definition) is 5. The van der Waals surface area contributed by atoms with Gasteiger partial charge in [0.2, 0.25) is 0 Å². The molecule has 0 atom stereocenters. The van der Waals surface area contributed by atoms with Crippen molar-refractivity contribution >= 4 is 17.3 Å². The number of ether oxygens (including phenoxy) is 1. The molecule has 0 radical (unpaired) electrons. The van der Waals surface area contributed by atoms with Crippen LogP contribution in [-0.4, -0.2) is 23.1 Å². The number of anilines is 2. The number of nitrogen functional groups attached to an aromatic ring is 1. The lowest BCUT2D eigenvalue weighted by atomic mass is 10.2. The minimum Gasteiger partial charge on any atom is -0.477 e. The molecule has 2 rings (SSSR count). The van der Waals surface area contributed by atoms with Gasteiger partial charge in [-0.1, -0.05) is 0 Å². The molecule has 1 aromatic carbocycles. The van der Waals surface area contributed by atoms with Crippen LogP contribution in [-0.2, 0) is 0 Å². The van der Waals surface area contributed by atoms with Crippen LogP contribution >= 0.6 is 0 Å². The van der Waals surface area contributed by atoms with Crippen LogP contribution in [0.4, 0.5) is 11.4 Å². The van der Waals surface area contributed by atoms with Gasteiger partial charge in [0, 0.05) is 25.4 Å². The van der Waals surface area contributed by atoms with Gasteiger partial charge in [0.15, 0.2) is 5.69 Å². The number of carboxylic acids is 1. The van der Waals surface area contributed by atoms with Gasteiger partial charge in [0.25, 0.3) is 0 Å². The highest BCUT2D eigenvalue weighted by atomic mass is 16.5. The minimum absolute atomic E-state index is 0.0719. The van der Waals surface area contributed by atoms with Crippen molar-refractivity contribution in [3.8, 4) is 11.5 Å². The molecular weight excluding hydrogens is 246 g/mol. The number of carboxylic acid groups (broad SMARTS) is 1. The van der Waals surface area contributed by atoms with E-state index in [-0.39, 0.29) is 5.69 Å². The topological polar surface area (TPSA) is 97.5 Å². The third kappa shape index (κ3) is 2.92. The first-order valence-electron chi connectivity index (χ1n) is 5.54. The van der Waals surface area contributed by atoms with E-state index in [0.717, 1.165) is 5.69 Å². The molecule has 0 aliphatic heterocycles. The molecule has 0 saturated heterocycles. The van der Waals surface area contributed by atoms with Crippen molar-refractivity contribution in [2.75, 3.05) is 18.1 Å². The van der Waals surface area contributed by atoms with Crippen LogP contribution < -0.4 is 15.8 Å². The molecule has 2 aromatic rings. The average Bonchev–Trinajstić information content (AvgIpc) is 2.39. The Bertz CT molecular complexity index is 614. The van der Waals surface area contributed by atoms with Crippen LogP contribution in [0.3, 0.4) is 0 Å². The Kier molecular flexibility index (Phi) is 3.51. The molecule has 0 fully saturated rings. The van der Waals surface area contributed by atoms with Crippen LogP contribution in [0, 0.1) is 0 Å². The molecule has 6 heteroatoms. The molecular formula is C13H13N3O3. The fourth-order valence-electron chi connectivity index (χ4n) is 1.56. The lowest BCUT2D eigenvalue weighted by Crippen LogP contribution is -2.00. The maximum atomic E-state index is 10.8. The number of hydrogen-bond donors (Lipinski definition) is 3. The highest BCUT2D eigenvalue weighted by Gasteiger charge is 2.07. The van der Waals surface area contributed by atoms with Gasteiger partial charge in [-0.05, 0) is 18.2 Å². The van der Waals surface area contributed by atoms with Crippen molar-refractivity contribution < 1.29 is 14.6 Å². The Morgan fingerprint density at radius 2 is 2.05 bits per heavy atom. The summed E-state index contributed by atoms with van der Waals surface area (Å²) in [7, 11) is 1.77. The normalized spacial score (nSPS) is 9.95. The molecule has 0 unspecified atom stereocenters. The molecule has 98 valence electrons. The average molecular weight is 259 g/mol. The van der Waals surface area contributed by atoms with E-state index in [9.17, 15) is 4.79 Å². The zero-order chi connectivity index (χ0) is 13.8. The number of carbonyl (C=O) groups is 1. The van der Waals surface area contributed by atoms with Crippen molar-refractivity contribution in [1.29, 1.82) is 0 Å². The van der Waals surface area contributed by atoms with E-state index < -0.39 is 5.97 Å². The first-order chi connectivity index (χ1) is 9.10. The van der Waals surface area contributed by atoms with Gasteiger partial charge in [-0.25, -0.2) is 9.78 Å². The van der Waals surface area contributed by atoms with Gasteiger partial charge >= 0.3 is 5.97 Å². The SMILES string of the molecule is CNc1ccc(Oc2ccnc(C(=O)O)c2)cc1N. The first kappa shape index (κ1) is 12.7. The predicted octanol–water partition coefficient (Wildman–Crippen LogP) is 2.20. The van der Waals surface area contributed by atoms with E-state index in [2.05, 4.69) is 10.3 Å². The third-order valence-electron chi connectivity index (χ3n) is 2.48. The maximum Gasteiger partial charge on any atom is 0.354 e. The minimum atomic E-state index is -1.10. The van der Waals surface area contributed by atoms with Gasteiger partial charge in [0.05, 0.1) is 11.4 Å². The van der Waals surface area contributed by atoms with Crippen molar-refractivity contribution in [2.45, 2.75) is 0 Å². The van der Waals surface area contributed by atoms with Gasteiger partial charge in [-0.15, -0.1) is 0 Å². The summed E-state index contributed by atoms with van der Waals surface area (Å²) in [5.41, 5.74) is 7.09. The number of nitrogens with zero attached hydrogens (tertiary/aromatic N) is 1. The maximum absolute atomic E-state index is 10.8. The van der Waals surface area contributed by atoms with Gasteiger partial charge in [-0.3, -0.25) is 0 Å². The summed E-state index contributed by atoms with van der Waals surface area (Å²) >= 11 is 0. The number of pyridine rings is 1. The molecule has 19 heavy (non-hydrogen) atoms. The highest BCUT2D eigenvalue weighted by Crippen LogP contribution is 2.27. The Hall–Kier alpha value is -2.76. The smallest absolute Gasteiger partial charge is 0.354 e. The van der Waals surface area contributed by atoms with Crippen LogP contribution in [0.2, 0.25) is 0 Å². The highest BCUT2D eigenvalue weighted by molar-refractivity contribution is 5.85. The molecule has 1 heterocycles. The quantitative estimate of drug-likeness (QED) is 0.728. The van der Waals surface area contributed by atoms with Crippen molar-refractivity contribution in [1.82, 2.24) is 4.98 Å². The van der Waals surface area contributed by atoms with Crippen molar-refractivity contribution in [2.24, 2.45) is 0 Å². The summed E-state index contributed by atoms with van der Waals surface area (Å²) in [6, 6.07) is 8.11. The fraction of sp³-hybridized carbons (Fsp3) is 0.0769. The molecule has 0 saturated carbocycles. The predicted molar refractivity (Wildman–Crippen MR) is 71.7 cm³/mol. The number of nitrogens with two attached hydrogens (primary N) is 1. The summed E-state index contributed by atoms with van der Waals surface area (Å²) in [5.74, 6) is -0.182. The summed E-state index contributed by atoms with van der Waals surface area (Å²) < 4.78 is 5.54. The molecule has 0 aliphatic carbocycles. The van der Waals surface area contributed by atoms with Crippen LogP contribution in [0.5, 0.6) is 11.5 Å². The third-order valence-corrected chi connectivity index (χ3v) is 2.48. The summed E-state index contributed by atoms with van der Waals surface area (Å²) in [6.45, 7) is 0. The van der Waals surface area contributed by atoms with E-state index in [1.165, 1.54) is 12.3 Å². The molecule has 6 nitrogen and oxygen atoms in total. The standard InChI is InChI=1S/C13H13N3O3/c1-15-11-3-2-8(6-10(11)14)19-9-4-5-16-12(7-9)13(17)18/h2-7,15H,14H2,1H3,(H,17,18). The summed E-state index contributed by atoms with van der Waals surface area (Å²) in [5, 5.41) is 11.8. The van der Waals surface area contributed by atoms with Gasteiger partial charge in [0.1, 0.15) is 11.5 Å². The number of benzene rings is 1. The molecule has 1 aromatic heterocycles. The zero-order valence-corrected chi connectivity index (χ0v) is 10.3. The van der Waals surface area contributed by atoms with Crippen LogP contribution in [0.25, 0.3) is 0 Å². The molecule has 4 N–H and O–H groups in total. The van der Waals surface area contributed by atoms with Crippen LogP contribution in [0.1, 0.15) is 10.5 Å². The van der Waals surface area contributed by atoms with E-state index >= 15 is 0 Å². The lowest BCUT2D eigenvalue weighted by molar-refractivity contribution is 0.0690. The Balaban J connectivity index is 2.23. The van der Waals surface area contributed by atoms with Crippen molar-refractivity contribution in [3.05, 3.63) is 42.2 Å². The second kappa shape index (κ2) is 5.26. The fourth-order valence-corrected chi connectivity index (χ4v) is 1.56. The van der Waals surface area contributed by atoms with E-state index in [1.54, 1.807) is 31.3 Å². The summed E-state index contributed by atoms with van der Waals surface area (Å²) in [4.78, 5) is 14.5. The molecule has 0 amide bonds. The van der Waals surface area contributed by atoms with Crippen molar-refractivity contribution in [3.63, 3.8) is 0 Å². The molecule has 0 spiro atoms. The Labute approximate surface area is 109 Å². The van der Waals surface area contributed by atoms with Gasteiger partial charge in [-0.2, -0.15) is 0 Å². The number of rotatable bonds is 4. The van der Waals surface area contributed by atoms with E-state index in [0.29, 0.717) is 17.2 Å².